The normalized spacial score (nSPS) is 8.00. The first-order valence-corrected chi connectivity index (χ1v) is 1.81. The number of rotatable bonds is 1. The fourth-order valence-electron chi connectivity index (χ4n) is 0.284. The van der Waals surface area contributed by atoms with Gasteiger partial charge in [-0.2, -0.15) is 0 Å². The molecule has 0 aromatic carbocycles. The van der Waals surface area contributed by atoms with Crippen LogP contribution in [0.4, 0.5) is 5.82 Å². The van der Waals surface area contributed by atoms with Crippen molar-refractivity contribution in [1.82, 2.24) is 15.4 Å². The van der Waals surface area contributed by atoms with E-state index in [1.54, 1.807) is 0 Å². The molecule has 0 aliphatic rings. The lowest BCUT2D eigenvalue weighted by Crippen LogP contribution is -1.86. The van der Waals surface area contributed by atoms with Crippen molar-refractivity contribution in [1.29, 1.82) is 0 Å². The summed E-state index contributed by atoms with van der Waals surface area (Å²) >= 11 is 0. The summed E-state index contributed by atoms with van der Waals surface area (Å²) in [5, 5.41) is 18.3. The molecule has 1 rings (SSSR count). The van der Waals surface area contributed by atoms with Crippen molar-refractivity contribution in [2.45, 2.75) is 0 Å². The topological polar surface area (TPSA) is 84.7 Å². The van der Waals surface area contributed by atoms with Crippen LogP contribution in [-0.2, 0) is 0 Å². The fourth-order valence-corrected chi connectivity index (χ4v) is 0.284. The Morgan fingerprint density at radius 3 is 2.67 bits per heavy atom. The predicted octanol–water partition coefficient (Wildman–Crippen LogP) is 0.135. The minimum absolute atomic E-state index is 0. The lowest BCUT2D eigenvalue weighted by atomic mass is 10.8. The highest BCUT2D eigenvalue weighted by Gasteiger charge is 2.04. The van der Waals surface area contributed by atoms with Crippen molar-refractivity contribution in [2.75, 3.05) is 0 Å². The molecule has 7 heteroatoms. The zero-order valence-electron chi connectivity index (χ0n) is 4.14. The molecule has 1 heterocycles. The smallest absolute Gasteiger partial charge is 0.358 e. The molecule has 0 atom stereocenters. The predicted molar refractivity (Wildman–Crippen MR) is 30.3 cm³/mol. The van der Waals surface area contributed by atoms with Crippen LogP contribution < -0.4 is 0 Å². The first-order valence-electron chi connectivity index (χ1n) is 1.81. The van der Waals surface area contributed by atoms with Crippen LogP contribution in [0.2, 0.25) is 0 Å². The van der Waals surface area contributed by atoms with E-state index in [0.717, 1.165) is 6.20 Å². The van der Waals surface area contributed by atoms with Gasteiger partial charge in [0.05, 0.1) is 5.10 Å². The SMILES string of the molecule is Cl.O=[N+]([O-])c1cn[nH]n1. The summed E-state index contributed by atoms with van der Waals surface area (Å²) in [6.07, 6.45) is 1.04. The van der Waals surface area contributed by atoms with Crippen LogP contribution in [0.1, 0.15) is 0 Å². The van der Waals surface area contributed by atoms with Gasteiger partial charge in [0.1, 0.15) is 0 Å². The molecular weight excluding hydrogens is 148 g/mol. The highest BCUT2D eigenvalue weighted by molar-refractivity contribution is 5.85. The van der Waals surface area contributed by atoms with Crippen LogP contribution in [0.3, 0.4) is 0 Å². The number of H-pyrrole nitrogens is 1. The van der Waals surface area contributed by atoms with E-state index in [-0.39, 0.29) is 18.2 Å². The third-order valence-electron chi connectivity index (χ3n) is 0.589. The molecule has 0 bridgehead atoms. The number of aromatic nitrogens is 3. The van der Waals surface area contributed by atoms with E-state index >= 15 is 0 Å². The van der Waals surface area contributed by atoms with Gasteiger partial charge in [0.2, 0.25) is 0 Å². The number of halogens is 1. The molecule has 1 aromatic heterocycles. The van der Waals surface area contributed by atoms with E-state index in [4.69, 9.17) is 0 Å². The Kier molecular flexibility index (Phi) is 2.59. The Morgan fingerprint density at radius 1 is 1.78 bits per heavy atom. The Balaban J connectivity index is 0.000000640. The second-order valence-corrected chi connectivity index (χ2v) is 1.09. The molecule has 9 heavy (non-hydrogen) atoms. The van der Waals surface area contributed by atoms with Gasteiger partial charge in [-0.3, -0.25) is 0 Å². The number of hydrogen-bond donors (Lipinski definition) is 1. The standard InChI is InChI=1S/C2H2N4O2.ClH/c7-6(8)2-1-3-5-4-2;/h1H,(H,3,4,5);1H. The van der Waals surface area contributed by atoms with Gasteiger partial charge in [0.15, 0.2) is 6.20 Å². The van der Waals surface area contributed by atoms with Crippen LogP contribution in [0.5, 0.6) is 0 Å². The highest BCUT2D eigenvalue weighted by atomic mass is 35.5. The second kappa shape index (κ2) is 2.98. The average Bonchev–Trinajstić information content (AvgIpc) is 2.12. The summed E-state index contributed by atoms with van der Waals surface area (Å²) in [5.74, 6) is -0.259. The number of hydrogen-bond acceptors (Lipinski definition) is 4. The van der Waals surface area contributed by atoms with E-state index in [2.05, 4.69) is 15.4 Å². The zero-order valence-corrected chi connectivity index (χ0v) is 4.96. The van der Waals surface area contributed by atoms with Gasteiger partial charge in [-0.15, -0.1) is 22.7 Å². The number of nitrogens with zero attached hydrogens (tertiary/aromatic N) is 3. The first-order chi connectivity index (χ1) is 3.80. The molecule has 0 aliphatic carbocycles. The molecule has 0 fully saturated rings. The molecule has 0 spiro atoms. The summed E-state index contributed by atoms with van der Waals surface area (Å²) in [5.41, 5.74) is 0. The van der Waals surface area contributed by atoms with Crippen molar-refractivity contribution < 1.29 is 4.92 Å². The van der Waals surface area contributed by atoms with Crippen LogP contribution in [0.15, 0.2) is 6.20 Å². The molecular formula is C2H3ClN4O2. The Morgan fingerprint density at radius 2 is 2.44 bits per heavy atom. The molecule has 0 radical (unpaired) electrons. The van der Waals surface area contributed by atoms with Crippen molar-refractivity contribution in [3.05, 3.63) is 16.3 Å². The van der Waals surface area contributed by atoms with Crippen molar-refractivity contribution >= 4 is 18.2 Å². The van der Waals surface area contributed by atoms with Gasteiger partial charge >= 0.3 is 5.82 Å². The Bertz CT molecular complexity index is 184. The van der Waals surface area contributed by atoms with E-state index in [9.17, 15) is 10.1 Å². The van der Waals surface area contributed by atoms with Crippen molar-refractivity contribution in [3.8, 4) is 0 Å². The summed E-state index contributed by atoms with van der Waals surface area (Å²) in [6, 6.07) is 0. The molecule has 0 unspecified atom stereocenters. The van der Waals surface area contributed by atoms with Gasteiger partial charge in [0, 0.05) is 0 Å². The summed E-state index contributed by atoms with van der Waals surface area (Å²) in [6.45, 7) is 0. The third-order valence-corrected chi connectivity index (χ3v) is 0.589. The molecule has 50 valence electrons. The highest BCUT2D eigenvalue weighted by Crippen LogP contribution is 1.97. The van der Waals surface area contributed by atoms with E-state index in [1.807, 2.05) is 0 Å². The van der Waals surface area contributed by atoms with Gasteiger partial charge < -0.3 is 10.1 Å². The molecule has 0 saturated carbocycles. The maximum atomic E-state index is 9.75. The molecule has 1 aromatic rings. The van der Waals surface area contributed by atoms with Gasteiger partial charge in [0.25, 0.3) is 0 Å². The van der Waals surface area contributed by atoms with E-state index in [0.29, 0.717) is 0 Å². The van der Waals surface area contributed by atoms with Gasteiger partial charge in [-0.05, 0) is 4.92 Å². The van der Waals surface area contributed by atoms with Crippen molar-refractivity contribution in [2.24, 2.45) is 0 Å². The Hall–Kier alpha value is -1.17. The van der Waals surface area contributed by atoms with Crippen molar-refractivity contribution in [3.63, 3.8) is 0 Å². The summed E-state index contributed by atoms with van der Waals surface area (Å²) in [4.78, 5) is 9.12. The minimum atomic E-state index is -0.622. The van der Waals surface area contributed by atoms with Crippen LogP contribution >= 0.6 is 12.4 Å². The fraction of sp³-hybridized carbons (Fsp3) is 0. The molecule has 6 nitrogen and oxygen atoms in total. The maximum absolute atomic E-state index is 9.75. The lowest BCUT2D eigenvalue weighted by Gasteiger charge is -1.79. The molecule has 0 saturated heterocycles. The number of nitrogens with one attached hydrogen (secondary N) is 1. The zero-order chi connectivity index (χ0) is 5.98. The molecule has 0 amide bonds. The number of nitro groups is 1. The Labute approximate surface area is 55.8 Å². The largest absolute Gasteiger partial charge is 0.410 e. The molecule has 0 aliphatic heterocycles. The third kappa shape index (κ3) is 1.65. The first kappa shape index (κ1) is 7.83. The van der Waals surface area contributed by atoms with Gasteiger partial charge in [-0.1, -0.05) is 0 Å². The average molecular weight is 151 g/mol. The van der Waals surface area contributed by atoms with E-state index in [1.165, 1.54) is 0 Å². The van der Waals surface area contributed by atoms with Crippen LogP contribution in [-0.4, -0.2) is 20.3 Å². The summed E-state index contributed by atoms with van der Waals surface area (Å²) < 4.78 is 0. The number of aromatic amines is 1. The summed E-state index contributed by atoms with van der Waals surface area (Å²) in [7, 11) is 0. The van der Waals surface area contributed by atoms with Gasteiger partial charge in [-0.25, -0.2) is 0 Å². The monoisotopic (exact) mass is 150 g/mol. The second-order valence-electron chi connectivity index (χ2n) is 1.09. The maximum Gasteiger partial charge on any atom is 0.410 e. The molecule has 1 N–H and O–H groups in total. The van der Waals surface area contributed by atoms with Crippen LogP contribution in [0.25, 0.3) is 0 Å². The minimum Gasteiger partial charge on any atom is -0.358 e. The quantitative estimate of drug-likeness (QED) is 0.456. The lowest BCUT2D eigenvalue weighted by molar-refractivity contribution is -0.389. The van der Waals surface area contributed by atoms with Crippen LogP contribution in [0, 0.1) is 10.1 Å². The van der Waals surface area contributed by atoms with E-state index < -0.39 is 4.92 Å².